The van der Waals surface area contributed by atoms with Gasteiger partial charge in [0, 0.05) is 24.8 Å². The van der Waals surface area contributed by atoms with Gasteiger partial charge in [0.25, 0.3) is 5.91 Å². The van der Waals surface area contributed by atoms with E-state index in [0.717, 1.165) is 18.1 Å². The molecule has 1 aromatic rings. The van der Waals surface area contributed by atoms with Crippen molar-refractivity contribution in [1.29, 1.82) is 0 Å². The van der Waals surface area contributed by atoms with Crippen molar-refractivity contribution in [2.45, 2.75) is 39.0 Å². The first kappa shape index (κ1) is 13.8. The van der Waals surface area contributed by atoms with Crippen LogP contribution in [0.1, 0.15) is 48.2 Å². The Labute approximate surface area is 115 Å². The number of aryl methyl sites for hydroxylation is 1. The zero-order valence-electron chi connectivity index (χ0n) is 11.8. The third kappa shape index (κ3) is 3.94. The summed E-state index contributed by atoms with van der Waals surface area (Å²) < 4.78 is 0. The topological polar surface area (TPSA) is 54.0 Å². The minimum absolute atomic E-state index is 0.00701. The molecule has 1 saturated carbocycles. The molecule has 1 heterocycles. The Morgan fingerprint density at radius 2 is 2.05 bits per heavy atom. The molecular formula is C15H23N3O. The van der Waals surface area contributed by atoms with Crippen LogP contribution in [0.3, 0.4) is 0 Å². The van der Waals surface area contributed by atoms with Crippen LogP contribution >= 0.6 is 0 Å². The molecule has 19 heavy (non-hydrogen) atoms. The van der Waals surface area contributed by atoms with Crippen LogP contribution in [-0.4, -0.2) is 24.5 Å². The van der Waals surface area contributed by atoms with Gasteiger partial charge in [-0.2, -0.15) is 0 Å². The number of aromatic nitrogens is 1. The zero-order chi connectivity index (χ0) is 13.7. The highest BCUT2D eigenvalue weighted by atomic mass is 16.1. The number of pyridine rings is 1. The molecule has 1 aromatic heterocycles. The summed E-state index contributed by atoms with van der Waals surface area (Å²) in [6.07, 6.45) is 6.45. The maximum Gasteiger partial charge on any atom is 0.251 e. The molecule has 0 bridgehead atoms. The second kappa shape index (κ2) is 6.55. The van der Waals surface area contributed by atoms with Crippen LogP contribution in [0.25, 0.3) is 0 Å². The Kier molecular flexibility index (Phi) is 4.77. The number of carbonyl (C=O) groups excluding carboxylic acids is 1. The Hall–Kier alpha value is -1.58. The van der Waals surface area contributed by atoms with Gasteiger partial charge in [-0.15, -0.1) is 0 Å². The highest BCUT2D eigenvalue weighted by molar-refractivity contribution is 5.95. The Morgan fingerprint density at radius 3 is 2.74 bits per heavy atom. The van der Waals surface area contributed by atoms with Crippen molar-refractivity contribution in [3.8, 4) is 0 Å². The molecular weight excluding hydrogens is 238 g/mol. The fourth-order valence-electron chi connectivity index (χ4n) is 2.66. The molecule has 0 saturated heterocycles. The first-order valence-corrected chi connectivity index (χ1v) is 7.13. The molecule has 0 atom stereocenters. The number of nitrogens with zero attached hydrogens (tertiary/aromatic N) is 1. The molecule has 0 unspecified atom stereocenters. The van der Waals surface area contributed by atoms with E-state index in [2.05, 4.69) is 15.6 Å². The summed E-state index contributed by atoms with van der Waals surface area (Å²) in [7, 11) is 1.81. The van der Waals surface area contributed by atoms with Crippen LogP contribution in [0.2, 0.25) is 0 Å². The summed E-state index contributed by atoms with van der Waals surface area (Å²) in [6, 6.07) is 3.63. The molecule has 2 rings (SSSR count). The summed E-state index contributed by atoms with van der Waals surface area (Å²) >= 11 is 0. The third-order valence-electron chi connectivity index (χ3n) is 3.75. The maximum absolute atomic E-state index is 12.1. The van der Waals surface area contributed by atoms with Crippen molar-refractivity contribution in [2.24, 2.45) is 5.92 Å². The van der Waals surface area contributed by atoms with Crippen molar-refractivity contribution in [1.82, 2.24) is 10.3 Å². The van der Waals surface area contributed by atoms with Crippen molar-refractivity contribution in [3.05, 3.63) is 23.4 Å². The third-order valence-corrected chi connectivity index (χ3v) is 3.75. The van der Waals surface area contributed by atoms with E-state index in [1.165, 1.54) is 32.1 Å². The van der Waals surface area contributed by atoms with Crippen LogP contribution in [0, 0.1) is 12.8 Å². The highest BCUT2D eigenvalue weighted by Crippen LogP contribution is 2.22. The van der Waals surface area contributed by atoms with E-state index >= 15 is 0 Å². The molecule has 2 N–H and O–H groups in total. The fraction of sp³-hybridized carbons (Fsp3) is 0.600. The lowest BCUT2D eigenvalue weighted by molar-refractivity contribution is 0.0943. The molecule has 1 fully saturated rings. The number of hydrogen-bond acceptors (Lipinski definition) is 3. The minimum Gasteiger partial charge on any atom is -0.373 e. The molecule has 0 radical (unpaired) electrons. The SMILES string of the molecule is CNc1cc(C(=O)NCC2CCCCC2)cc(C)n1. The smallest absolute Gasteiger partial charge is 0.251 e. The van der Waals surface area contributed by atoms with Gasteiger partial charge in [0.05, 0.1) is 0 Å². The zero-order valence-corrected chi connectivity index (χ0v) is 11.8. The lowest BCUT2D eigenvalue weighted by Gasteiger charge is -2.21. The lowest BCUT2D eigenvalue weighted by Crippen LogP contribution is -2.30. The molecule has 1 amide bonds. The van der Waals surface area contributed by atoms with Gasteiger partial charge in [-0.1, -0.05) is 19.3 Å². The number of hydrogen-bond donors (Lipinski definition) is 2. The quantitative estimate of drug-likeness (QED) is 0.876. The van der Waals surface area contributed by atoms with E-state index < -0.39 is 0 Å². The molecule has 104 valence electrons. The number of carbonyl (C=O) groups is 1. The van der Waals surface area contributed by atoms with E-state index in [0.29, 0.717) is 11.5 Å². The lowest BCUT2D eigenvalue weighted by atomic mass is 9.89. The monoisotopic (exact) mass is 261 g/mol. The van der Waals surface area contributed by atoms with E-state index in [4.69, 9.17) is 0 Å². The summed E-state index contributed by atoms with van der Waals surface area (Å²) in [5, 5.41) is 6.03. The number of rotatable bonds is 4. The van der Waals surface area contributed by atoms with E-state index in [9.17, 15) is 4.79 Å². The maximum atomic E-state index is 12.1. The van der Waals surface area contributed by atoms with Crippen molar-refractivity contribution >= 4 is 11.7 Å². The van der Waals surface area contributed by atoms with E-state index in [1.807, 2.05) is 20.0 Å². The molecule has 0 aliphatic heterocycles. The molecule has 1 aliphatic carbocycles. The average molecular weight is 261 g/mol. The summed E-state index contributed by atoms with van der Waals surface area (Å²) in [5.41, 5.74) is 1.54. The summed E-state index contributed by atoms with van der Waals surface area (Å²) in [6.45, 7) is 2.70. The Bertz CT molecular complexity index is 439. The first-order valence-electron chi connectivity index (χ1n) is 7.13. The summed E-state index contributed by atoms with van der Waals surface area (Å²) in [5.74, 6) is 1.40. The predicted molar refractivity (Wildman–Crippen MR) is 77.4 cm³/mol. The van der Waals surface area contributed by atoms with Crippen LogP contribution in [0.4, 0.5) is 5.82 Å². The van der Waals surface area contributed by atoms with Crippen molar-refractivity contribution in [3.63, 3.8) is 0 Å². The molecule has 0 spiro atoms. The van der Waals surface area contributed by atoms with Crippen LogP contribution in [-0.2, 0) is 0 Å². The summed E-state index contributed by atoms with van der Waals surface area (Å²) in [4.78, 5) is 16.4. The number of anilines is 1. The van der Waals surface area contributed by atoms with Crippen molar-refractivity contribution < 1.29 is 4.79 Å². The van der Waals surface area contributed by atoms with Gasteiger partial charge in [0.2, 0.25) is 0 Å². The molecule has 0 aromatic carbocycles. The standard InChI is InChI=1S/C15H23N3O/c1-11-8-13(9-14(16-2)18-11)15(19)17-10-12-6-4-3-5-7-12/h8-9,12H,3-7,10H2,1-2H3,(H,16,18)(H,17,19). The minimum atomic E-state index is 0.00701. The average Bonchev–Trinajstić information content (AvgIpc) is 2.45. The van der Waals surface area contributed by atoms with Crippen molar-refractivity contribution in [2.75, 3.05) is 18.9 Å². The van der Waals surface area contributed by atoms with Gasteiger partial charge in [-0.05, 0) is 37.8 Å². The van der Waals surface area contributed by atoms with Gasteiger partial charge in [-0.3, -0.25) is 4.79 Å². The Morgan fingerprint density at radius 1 is 1.32 bits per heavy atom. The highest BCUT2D eigenvalue weighted by Gasteiger charge is 2.15. The fourth-order valence-corrected chi connectivity index (χ4v) is 2.66. The Balaban J connectivity index is 1.93. The van der Waals surface area contributed by atoms with Gasteiger partial charge in [0.15, 0.2) is 0 Å². The largest absolute Gasteiger partial charge is 0.373 e. The number of nitrogens with one attached hydrogen (secondary N) is 2. The normalized spacial score (nSPS) is 16.1. The van der Waals surface area contributed by atoms with Crippen LogP contribution < -0.4 is 10.6 Å². The van der Waals surface area contributed by atoms with E-state index in [-0.39, 0.29) is 5.91 Å². The first-order chi connectivity index (χ1) is 9.19. The van der Waals surface area contributed by atoms with E-state index in [1.54, 1.807) is 6.07 Å². The predicted octanol–water partition coefficient (Wildman–Crippen LogP) is 2.74. The van der Waals surface area contributed by atoms with Crippen LogP contribution in [0.5, 0.6) is 0 Å². The van der Waals surface area contributed by atoms with Gasteiger partial charge in [-0.25, -0.2) is 4.98 Å². The molecule has 4 nitrogen and oxygen atoms in total. The molecule has 1 aliphatic rings. The van der Waals surface area contributed by atoms with Crippen LogP contribution in [0.15, 0.2) is 12.1 Å². The van der Waals surface area contributed by atoms with Gasteiger partial charge < -0.3 is 10.6 Å². The second-order valence-electron chi connectivity index (χ2n) is 5.35. The second-order valence-corrected chi connectivity index (χ2v) is 5.35. The number of amides is 1. The van der Waals surface area contributed by atoms with Gasteiger partial charge >= 0.3 is 0 Å². The van der Waals surface area contributed by atoms with Gasteiger partial charge in [0.1, 0.15) is 5.82 Å². The molecule has 4 heteroatoms.